The number of carbonyl (C=O) groups excluding carboxylic acids is 1. The molecule has 1 amide bonds. The van der Waals surface area contributed by atoms with E-state index >= 15 is 0 Å². The van der Waals surface area contributed by atoms with E-state index in [-0.39, 0.29) is 36.1 Å². The number of piperidine rings is 1. The Hall–Kier alpha value is -2.70. The van der Waals surface area contributed by atoms with Gasteiger partial charge in [0.1, 0.15) is 12.4 Å². The Kier molecular flexibility index (Phi) is 4.69. The molecule has 0 aliphatic carbocycles. The number of hydrogen-bond acceptors (Lipinski definition) is 4. The fraction of sp³-hybridized carbons (Fsp3) is 0.524. The molecule has 148 valence electrons. The largest absolute Gasteiger partial charge is 0.352 e. The Morgan fingerprint density at radius 1 is 1.18 bits per heavy atom. The minimum atomic E-state index is -0.303. The fourth-order valence-electron chi connectivity index (χ4n) is 4.34. The van der Waals surface area contributed by atoms with Gasteiger partial charge in [0.15, 0.2) is 5.65 Å². The molecule has 3 heterocycles. The number of aromatic nitrogens is 4. The minimum absolute atomic E-state index is 0.0406. The van der Waals surface area contributed by atoms with Crippen molar-refractivity contribution in [2.45, 2.75) is 71.5 Å². The van der Waals surface area contributed by atoms with Gasteiger partial charge in [0.05, 0.1) is 5.52 Å². The Morgan fingerprint density at radius 2 is 1.86 bits per heavy atom. The van der Waals surface area contributed by atoms with Crippen LogP contribution in [0.25, 0.3) is 16.6 Å². The second-order valence-corrected chi connectivity index (χ2v) is 8.17. The molecule has 1 aliphatic heterocycles. The molecule has 0 N–H and O–H groups in total. The van der Waals surface area contributed by atoms with E-state index in [1.165, 1.54) is 4.68 Å². The highest BCUT2D eigenvalue weighted by molar-refractivity contribution is 5.91. The summed E-state index contributed by atoms with van der Waals surface area (Å²) in [7, 11) is 0. The zero-order valence-corrected chi connectivity index (χ0v) is 16.9. The lowest BCUT2D eigenvalue weighted by atomic mass is 9.97. The van der Waals surface area contributed by atoms with Crippen LogP contribution in [0.5, 0.6) is 0 Å². The van der Waals surface area contributed by atoms with Crippen molar-refractivity contribution in [3.05, 3.63) is 40.6 Å². The van der Waals surface area contributed by atoms with Crippen LogP contribution in [-0.2, 0) is 11.3 Å². The fourth-order valence-corrected chi connectivity index (χ4v) is 4.34. The average molecular weight is 381 g/mol. The van der Waals surface area contributed by atoms with Crippen LogP contribution in [0, 0.1) is 0 Å². The quantitative estimate of drug-likeness (QED) is 0.699. The third-order valence-corrected chi connectivity index (χ3v) is 5.73. The van der Waals surface area contributed by atoms with E-state index in [1.807, 2.05) is 43.0 Å². The topological polar surface area (TPSA) is 72.5 Å². The Balaban J connectivity index is 1.81. The highest BCUT2D eigenvalue weighted by Crippen LogP contribution is 2.23. The molecule has 1 aliphatic rings. The Bertz CT molecular complexity index is 1090. The molecule has 4 rings (SSSR count). The average Bonchev–Trinajstić information content (AvgIpc) is 2.97. The van der Waals surface area contributed by atoms with Crippen LogP contribution in [0.4, 0.5) is 0 Å². The predicted octanol–water partition coefficient (Wildman–Crippen LogP) is 2.96. The summed E-state index contributed by atoms with van der Waals surface area (Å²) in [6, 6.07) is 8.05. The first-order valence-electron chi connectivity index (χ1n) is 10.1. The van der Waals surface area contributed by atoms with E-state index in [0.29, 0.717) is 11.5 Å². The van der Waals surface area contributed by atoms with Gasteiger partial charge in [-0.05, 0) is 45.2 Å². The highest BCUT2D eigenvalue weighted by atomic mass is 16.2. The molecule has 0 spiro atoms. The van der Waals surface area contributed by atoms with Crippen LogP contribution in [0.2, 0.25) is 0 Å². The minimum Gasteiger partial charge on any atom is -0.336 e. The number of benzene rings is 1. The van der Waals surface area contributed by atoms with Crippen molar-refractivity contribution in [2.75, 3.05) is 0 Å². The van der Waals surface area contributed by atoms with Gasteiger partial charge in [-0.3, -0.25) is 4.79 Å². The zero-order valence-electron chi connectivity index (χ0n) is 16.9. The lowest BCUT2D eigenvalue weighted by Crippen LogP contribution is -2.49. The van der Waals surface area contributed by atoms with Crippen LogP contribution in [-0.4, -0.2) is 42.1 Å². The number of nitrogens with zero attached hydrogens (tertiary/aromatic N) is 5. The predicted molar refractivity (Wildman–Crippen MR) is 108 cm³/mol. The van der Waals surface area contributed by atoms with Gasteiger partial charge in [0.25, 0.3) is 0 Å². The van der Waals surface area contributed by atoms with Gasteiger partial charge in [-0.15, -0.1) is 5.10 Å². The van der Waals surface area contributed by atoms with Crippen LogP contribution >= 0.6 is 0 Å². The SMILES string of the molecule is CC(C)c1nc2ccccc2c2nn(CC(=O)N3[C@H](C)CCC[C@H]3C)c(=O)n12. The summed E-state index contributed by atoms with van der Waals surface area (Å²) in [5.74, 6) is 0.672. The summed E-state index contributed by atoms with van der Waals surface area (Å²) >= 11 is 0. The molecule has 1 saturated heterocycles. The molecule has 1 fully saturated rings. The van der Waals surface area contributed by atoms with Crippen LogP contribution in [0.1, 0.15) is 58.7 Å². The number of rotatable bonds is 3. The van der Waals surface area contributed by atoms with Crippen LogP contribution in [0.3, 0.4) is 0 Å². The number of amides is 1. The molecule has 0 bridgehead atoms. The maximum absolute atomic E-state index is 13.1. The third-order valence-electron chi connectivity index (χ3n) is 5.73. The molecule has 0 saturated carbocycles. The van der Waals surface area contributed by atoms with Crippen molar-refractivity contribution >= 4 is 22.5 Å². The van der Waals surface area contributed by atoms with E-state index in [2.05, 4.69) is 23.9 Å². The molecule has 28 heavy (non-hydrogen) atoms. The van der Waals surface area contributed by atoms with Gasteiger partial charge in [-0.1, -0.05) is 26.0 Å². The van der Waals surface area contributed by atoms with Crippen molar-refractivity contribution in [3.8, 4) is 0 Å². The molecular formula is C21H27N5O2. The summed E-state index contributed by atoms with van der Waals surface area (Å²) in [5, 5.41) is 5.36. The van der Waals surface area contributed by atoms with Gasteiger partial charge < -0.3 is 4.90 Å². The van der Waals surface area contributed by atoms with Crippen LogP contribution < -0.4 is 5.69 Å². The first-order valence-corrected chi connectivity index (χ1v) is 10.1. The summed E-state index contributed by atoms with van der Waals surface area (Å²) in [6.07, 6.45) is 3.14. The normalized spacial score (nSPS) is 20.4. The summed E-state index contributed by atoms with van der Waals surface area (Å²) in [6.45, 7) is 8.12. The molecule has 3 aromatic rings. The number of carbonyl (C=O) groups is 1. The van der Waals surface area contributed by atoms with Gasteiger partial charge >= 0.3 is 5.69 Å². The van der Waals surface area contributed by atoms with E-state index in [0.717, 1.165) is 30.2 Å². The summed E-state index contributed by atoms with van der Waals surface area (Å²) in [4.78, 5) is 32.7. The van der Waals surface area contributed by atoms with Gasteiger partial charge in [0, 0.05) is 23.4 Å². The maximum Gasteiger partial charge on any atom is 0.352 e. The van der Waals surface area contributed by atoms with E-state index in [9.17, 15) is 9.59 Å². The van der Waals surface area contributed by atoms with E-state index in [1.54, 1.807) is 4.40 Å². The van der Waals surface area contributed by atoms with E-state index < -0.39 is 0 Å². The first kappa shape index (κ1) is 18.7. The van der Waals surface area contributed by atoms with Crippen molar-refractivity contribution < 1.29 is 4.79 Å². The number of fused-ring (bicyclic) bond motifs is 3. The first-order chi connectivity index (χ1) is 13.4. The number of para-hydroxylation sites is 1. The number of hydrogen-bond donors (Lipinski definition) is 0. The maximum atomic E-state index is 13.1. The second-order valence-electron chi connectivity index (χ2n) is 8.17. The molecule has 1 aromatic carbocycles. The Labute approximate surface area is 164 Å². The highest BCUT2D eigenvalue weighted by Gasteiger charge is 2.30. The smallest absolute Gasteiger partial charge is 0.336 e. The van der Waals surface area contributed by atoms with Crippen molar-refractivity contribution in [1.29, 1.82) is 0 Å². The van der Waals surface area contributed by atoms with Gasteiger partial charge in [-0.2, -0.15) is 0 Å². The molecule has 7 heteroatoms. The molecule has 0 unspecified atom stereocenters. The molecule has 2 aromatic heterocycles. The summed E-state index contributed by atoms with van der Waals surface area (Å²) < 4.78 is 2.86. The number of likely N-dealkylation sites (tertiary alicyclic amines) is 1. The van der Waals surface area contributed by atoms with Crippen molar-refractivity contribution in [1.82, 2.24) is 24.1 Å². The van der Waals surface area contributed by atoms with E-state index in [4.69, 9.17) is 0 Å². The molecule has 2 atom stereocenters. The third kappa shape index (κ3) is 2.99. The lowest BCUT2D eigenvalue weighted by molar-refractivity contribution is -0.138. The monoisotopic (exact) mass is 381 g/mol. The summed E-state index contributed by atoms with van der Waals surface area (Å²) in [5.41, 5.74) is 1.06. The lowest BCUT2D eigenvalue weighted by Gasteiger charge is -2.39. The Morgan fingerprint density at radius 3 is 2.54 bits per heavy atom. The molecule has 7 nitrogen and oxygen atoms in total. The zero-order chi connectivity index (χ0) is 20.0. The molecule has 0 radical (unpaired) electrons. The van der Waals surface area contributed by atoms with Crippen molar-refractivity contribution in [3.63, 3.8) is 0 Å². The second kappa shape index (κ2) is 7.04. The van der Waals surface area contributed by atoms with Gasteiger partial charge in [-0.25, -0.2) is 18.9 Å². The molecular weight excluding hydrogens is 354 g/mol. The van der Waals surface area contributed by atoms with Crippen molar-refractivity contribution in [2.24, 2.45) is 0 Å². The van der Waals surface area contributed by atoms with Crippen LogP contribution in [0.15, 0.2) is 29.1 Å². The van der Waals surface area contributed by atoms with Gasteiger partial charge in [0.2, 0.25) is 5.91 Å². The standard InChI is InChI=1S/C21H27N5O2/c1-13(2)19-22-17-11-6-5-10-16(17)20-23-24(21(28)26(19)20)12-18(27)25-14(3)8-7-9-15(25)4/h5-6,10-11,13-15H,7-9,12H2,1-4H3/t14-,15-/m1/s1.